The zero-order chi connectivity index (χ0) is 21.4. The average molecular weight is 528 g/mol. The van der Waals surface area contributed by atoms with Gasteiger partial charge in [0.05, 0.1) is 5.92 Å². The molecule has 9 heteroatoms. The lowest BCUT2D eigenvalue weighted by Gasteiger charge is -2.25. The molecular formula is C20H21IN2O5S. The molecule has 0 saturated heterocycles. The van der Waals surface area contributed by atoms with Crippen molar-refractivity contribution in [3.63, 3.8) is 0 Å². The molecule has 29 heavy (non-hydrogen) atoms. The molecule has 3 atom stereocenters. The van der Waals surface area contributed by atoms with E-state index in [1.165, 1.54) is 0 Å². The van der Waals surface area contributed by atoms with Crippen molar-refractivity contribution in [3.8, 4) is 0 Å². The summed E-state index contributed by atoms with van der Waals surface area (Å²) in [4.78, 5) is 36.2. The number of amides is 1. The Morgan fingerprint density at radius 1 is 0.931 bits per heavy atom. The second-order valence-corrected chi connectivity index (χ2v) is 7.97. The number of aliphatic carboxylic acids is 2. The fourth-order valence-electron chi connectivity index (χ4n) is 2.71. The first kappa shape index (κ1) is 23.0. The molecule has 0 aromatic heterocycles. The van der Waals surface area contributed by atoms with Crippen LogP contribution in [0.15, 0.2) is 54.6 Å². The molecule has 0 aliphatic rings. The highest BCUT2D eigenvalue weighted by Crippen LogP contribution is 2.15. The van der Waals surface area contributed by atoms with E-state index in [9.17, 15) is 24.6 Å². The van der Waals surface area contributed by atoms with E-state index in [0.717, 1.165) is 9.13 Å². The van der Waals surface area contributed by atoms with Crippen molar-refractivity contribution in [2.75, 3.05) is 11.1 Å². The predicted molar refractivity (Wildman–Crippen MR) is 121 cm³/mol. The molecule has 2 rings (SSSR count). The van der Waals surface area contributed by atoms with Crippen LogP contribution in [-0.4, -0.2) is 45.9 Å². The summed E-state index contributed by atoms with van der Waals surface area (Å²) in [6.07, 6.45) is 0.366. The lowest BCUT2D eigenvalue weighted by Crippen LogP contribution is -2.56. The summed E-state index contributed by atoms with van der Waals surface area (Å²) in [6, 6.07) is 12.9. The Bertz CT molecular complexity index is 848. The third-order valence-corrected chi connectivity index (χ3v) is 5.41. The highest BCUT2D eigenvalue weighted by molar-refractivity contribution is 14.1. The van der Waals surface area contributed by atoms with Gasteiger partial charge in [-0.15, -0.1) is 0 Å². The first-order valence-corrected chi connectivity index (χ1v) is 10.5. The van der Waals surface area contributed by atoms with E-state index in [0.29, 0.717) is 12.1 Å². The van der Waals surface area contributed by atoms with E-state index in [4.69, 9.17) is 0 Å². The summed E-state index contributed by atoms with van der Waals surface area (Å²) < 4.78 is 0.945. The van der Waals surface area contributed by atoms with E-state index in [-0.39, 0.29) is 5.75 Å². The van der Waals surface area contributed by atoms with Crippen LogP contribution in [0.2, 0.25) is 0 Å². The maximum absolute atomic E-state index is 12.7. The Balaban J connectivity index is 2.16. The Morgan fingerprint density at radius 3 is 2.03 bits per heavy atom. The second kappa shape index (κ2) is 11.1. The molecule has 0 aliphatic carbocycles. The van der Waals surface area contributed by atoms with Gasteiger partial charge < -0.3 is 20.8 Å². The molecule has 4 N–H and O–H groups in total. The van der Waals surface area contributed by atoms with Gasteiger partial charge in [0.1, 0.15) is 0 Å². The number of carbonyl (C=O) groups excluding carboxylic acids is 1. The van der Waals surface area contributed by atoms with Crippen molar-refractivity contribution in [2.24, 2.45) is 5.92 Å². The summed E-state index contributed by atoms with van der Waals surface area (Å²) in [5.41, 5.74) is 1.34. The summed E-state index contributed by atoms with van der Waals surface area (Å²) in [6.45, 7) is 0. The van der Waals surface area contributed by atoms with Crippen LogP contribution >= 0.6 is 35.2 Å². The van der Waals surface area contributed by atoms with E-state index < -0.39 is 35.8 Å². The summed E-state index contributed by atoms with van der Waals surface area (Å²) in [5.74, 6) is -3.81. The number of anilines is 1. The molecule has 154 valence electrons. The molecule has 0 spiro atoms. The Hall–Kier alpha value is -2.27. The third kappa shape index (κ3) is 6.93. The van der Waals surface area contributed by atoms with E-state index >= 15 is 0 Å². The zero-order valence-corrected chi connectivity index (χ0v) is 18.3. The van der Waals surface area contributed by atoms with Gasteiger partial charge in [-0.2, -0.15) is 12.6 Å². The fraction of sp³-hybridized carbons (Fsp3) is 0.250. The van der Waals surface area contributed by atoms with Crippen molar-refractivity contribution >= 4 is 58.8 Å². The Kier molecular flexibility index (Phi) is 8.77. The van der Waals surface area contributed by atoms with Crippen molar-refractivity contribution in [1.29, 1.82) is 0 Å². The largest absolute Gasteiger partial charge is 0.480 e. The monoisotopic (exact) mass is 528 g/mol. The highest BCUT2D eigenvalue weighted by Gasteiger charge is 2.36. The SMILES string of the molecule is O=C(N[C@H](C(=O)O)C(Nc1ccc(I)cc1)C(=O)O)C(CS)Cc1ccccc1. The number of hydrogen-bond acceptors (Lipinski definition) is 5. The molecule has 1 amide bonds. The van der Waals surface area contributed by atoms with Crippen molar-refractivity contribution in [3.05, 3.63) is 63.7 Å². The van der Waals surface area contributed by atoms with E-state index in [1.54, 1.807) is 24.3 Å². The van der Waals surface area contributed by atoms with Crippen LogP contribution in [0.4, 0.5) is 5.69 Å². The van der Waals surface area contributed by atoms with Gasteiger partial charge in [-0.1, -0.05) is 30.3 Å². The lowest BCUT2D eigenvalue weighted by atomic mass is 9.99. The third-order valence-electron chi connectivity index (χ3n) is 4.25. The van der Waals surface area contributed by atoms with Crippen molar-refractivity contribution < 1.29 is 24.6 Å². The number of carbonyl (C=O) groups is 3. The van der Waals surface area contributed by atoms with Crippen molar-refractivity contribution in [2.45, 2.75) is 18.5 Å². The molecule has 0 radical (unpaired) electrons. The molecule has 2 unspecified atom stereocenters. The van der Waals surface area contributed by atoms with Gasteiger partial charge in [-0.05, 0) is 58.8 Å². The number of nitrogens with one attached hydrogen (secondary N) is 2. The average Bonchev–Trinajstić information content (AvgIpc) is 2.70. The van der Waals surface area contributed by atoms with E-state index in [1.807, 2.05) is 30.3 Å². The number of carboxylic acids is 2. The van der Waals surface area contributed by atoms with Gasteiger partial charge >= 0.3 is 11.9 Å². The topological polar surface area (TPSA) is 116 Å². The van der Waals surface area contributed by atoms with Crippen LogP contribution < -0.4 is 10.6 Å². The Morgan fingerprint density at radius 2 is 1.52 bits per heavy atom. The summed E-state index contributed by atoms with van der Waals surface area (Å²) in [7, 11) is 0. The van der Waals surface area contributed by atoms with Crippen LogP contribution in [0.5, 0.6) is 0 Å². The van der Waals surface area contributed by atoms with Crippen LogP contribution in [0.25, 0.3) is 0 Å². The smallest absolute Gasteiger partial charge is 0.329 e. The van der Waals surface area contributed by atoms with Gasteiger partial charge in [-0.25, -0.2) is 9.59 Å². The quantitative estimate of drug-likeness (QED) is 0.239. The molecule has 2 aromatic rings. The van der Waals surface area contributed by atoms with Crippen LogP contribution in [0, 0.1) is 9.49 Å². The van der Waals surface area contributed by atoms with Crippen LogP contribution in [0.3, 0.4) is 0 Å². The number of rotatable bonds is 10. The van der Waals surface area contributed by atoms with Crippen molar-refractivity contribution in [1.82, 2.24) is 5.32 Å². The van der Waals surface area contributed by atoms with Gasteiger partial charge in [0.15, 0.2) is 12.1 Å². The summed E-state index contributed by atoms with van der Waals surface area (Å²) in [5, 5.41) is 24.2. The number of thiol groups is 1. The standard InChI is InChI=1S/C20H21IN2O5S/c21-14-6-8-15(9-7-14)22-16(19(25)26)17(20(27)28)23-18(24)13(11-29)10-12-4-2-1-3-5-12/h1-9,13,16-17,22,29H,10-11H2,(H,23,24)(H,25,26)(H,27,28)/t13?,16?,17-/m0/s1. The molecule has 0 heterocycles. The van der Waals surface area contributed by atoms with Gasteiger partial charge in [-0.3, -0.25) is 4.79 Å². The number of halogens is 1. The first-order valence-electron chi connectivity index (χ1n) is 8.74. The van der Waals surface area contributed by atoms with Gasteiger partial charge in [0, 0.05) is 15.0 Å². The molecule has 0 bridgehead atoms. The highest BCUT2D eigenvalue weighted by atomic mass is 127. The second-order valence-electron chi connectivity index (χ2n) is 6.36. The minimum Gasteiger partial charge on any atom is -0.480 e. The molecule has 0 saturated carbocycles. The Labute approximate surface area is 187 Å². The van der Waals surface area contributed by atoms with Gasteiger partial charge in [0.2, 0.25) is 5.91 Å². The molecule has 0 fully saturated rings. The fourth-order valence-corrected chi connectivity index (χ4v) is 3.37. The molecule has 0 aliphatic heterocycles. The molecular weight excluding hydrogens is 507 g/mol. The lowest BCUT2D eigenvalue weighted by molar-refractivity contribution is -0.148. The first-order chi connectivity index (χ1) is 13.8. The zero-order valence-electron chi connectivity index (χ0n) is 15.3. The maximum atomic E-state index is 12.7. The summed E-state index contributed by atoms with van der Waals surface area (Å²) >= 11 is 6.30. The number of benzene rings is 2. The maximum Gasteiger partial charge on any atom is 0.329 e. The van der Waals surface area contributed by atoms with E-state index in [2.05, 4.69) is 45.9 Å². The molecule has 2 aromatic carbocycles. The predicted octanol–water partition coefficient (Wildman–Crippen LogP) is 2.51. The van der Waals surface area contributed by atoms with Crippen LogP contribution in [-0.2, 0) is 20.8 Å². The number of hydrogen-bond donors (Lipinski definition) is 5. The minimum absolute atomic E-state index is 0.190. The van der Waals surface area contributed by atoms with Crippen LogP contribution in [0.1, 0.15) is 5.56 Å². The van der Waals surface area contributed by atoms with Gasteiger partial charge in [0.25, 0.3) is 0 Å². The number of carboxylic acid groups (broad SMARTS) is 2. The normalized spacial score (nSPS) is 13.7. The minimum atomic E-state index is -1.66. The molecule has 7 nitrogen and oxygen atoms in total.